The van der Waals surface area contributed by atoms with Crippen molar-refractivity contribution in [2.45, 2.75) is 31.6 Å². The molecule has 1 aromatic rings. The zero-order chi connectivity index (χ0) is 16.7. The molecule has 2 rings (SSSR count). The molecule has 0 atom stereocenters. The first-order valence-corrected chi connectivity index (χ1v) is 10.4. The smallest absolute Gasteiger partial charge is 0.179 e. The van der Waals surface area contributed by atoms with Gasteiger partial charge in [-0.15, -0.1) is 0 Å². The average Bonchev–Trinajstić information content (AvgIpc) is 2.59. The fraction of sp³-hybridized carbons (Fsp3) is 0.667. The van der Waals surface area contributed by atoms with Crippen LogP contribution in [0.15, 0.2) is 35.2 Å². The SMILES string of the molecule is CCN(CC)CC1CCN(CCS(=O)(=O)c2ccccc2)CC1. The summed E-state index contributed by atoms with van der Waals surface area (Å²) < 4.78 is 24.7. The highest BCUT2D eigenvalue weighted by Crippen LogP contribution is 2.19. The van der Waals surface area contributed by atoms with Gasteiger partial charge in [-0.2, -0.15) is 0 Å². The maximum atomic E-state index is 12.3. The number of hydrogen-bond donors (Lipinski definition) is 0. The molecule has 0 unspecified atom stereocenters. The first-order chi connectivity index (χ1) is 11.0. The van der Waals surface area contributed by atoms with Gasteiger partial charge in [-0.05, 0) is 57.1 Å². The standard InChI is InChI=1S/C18H30N2O2S/c1-3-19(4-2)16-17-10-12-20(13-11-17)14-15-23(21,22)18-8-6-5-7-9-18/h5-9,17H,3-4,10-16H2,1-2H3. The minimum atomic E-state index is -3.15. The van der Waals surface area contributed by atoms with Crippen LogP contribution in [0.3, 0.4) is 0 Å². The Bertz CT molecular complexity index is 548. The summed E-state index contributed by atoms with van der Waals surface area (Å²) >= 11 is 0. The lowest BCUT2D eigenvalue weighted by atomic mass is 9.96. The second kappa shape index (κ2) is 8.81. The molecule has 1 aliphatic heterocycles. The van der Waals surface area contributed by atoms with E-state index in [4.69, 9.17) is 0 Å². The molecule has 0 aromatic heterocycles. The highest BCUT2D eigenvalue weighted by molar-refractivity contribution is 7.91. The van der Waals surface area contributed by atoms with Gasteiger partial charge in [0.25, 0.3) is 0 Å². The third-order valence-electron chi connectivity index (χ3n) is 4.90. The number of likely N-dealkylation sites (tertiary alicyclic amines) is 1. The molecule has 4 nitrogen and oxygen atoms in total. The van der Waals surface area contributed by atoms with E-state index >= 15 is 0 Å². The molecule has 1 aliphatic rings. The third-order valence-corrected chi connectivity index (χ3v) is 6.61. The number of piperidine rings is 1. The van der Waals surface area contributed by atoms with Crippen LogP contribution in [0.2, 0.25) is 0 Å². The van der Waals surface area contributed by atoms with E-state index in [0.29, 0.717) is 11.4 Å². The molecule has 1 heterocycles. The minimum Gasteiger partial charge on any atom is -0.304 e. The van der Waals surface area contributed by atoms with Crippen LogP contribution in [0.4, 0.5) is 0 Å². The molecule has 130 valence electrons. The van der Waals surface area contributed by atoms with E-state index in [0.717, 1.165) is 32.1 Å². The van der Waals surface area contributed by atoms with Gasteiger partial charge in [0.1, 0.15) is 0 Å². The average molecular weight is 339 g/mol. The van der Waals surface area contributed by atoms with Gasteiger partial charge in [-0.3, -0.25) is 0 Å². The van der Waals surface area contributed by atoms with Gasteiger partial charge in [0.2, 0.25) is 0 Å². The van der Waals surface area contributed by atoms with Gasteiger partial charge >= 0.3 is 0 Å². The molecule has 1 fully saturated rings. The lowest BCUT2D eigenvalue weighted by molar-refractivity contribution is 0.153. The summed E-state index contributed by atoms with van der Waals surface area (Å²) in [7, 11) is -3.15. The Hall–Kier alpha value is -0.910. The zero-order valence-corrected chi connectivity index (χ0v) is 15.3. The Morgan fingerprint density at radius 3 is 2.26 bits per heavy atom. The van der Waals surface area contributed by atoms with Gasteiger partial charge in [0.15, 0.2) is 9.84 Å². The van der Waals surface area contributed by atoms with E-state index in [9.17, 15) is 8.42 Å². The van der Waals surface area contributed by atoms with Crippen molar-refractivity contribution in [2.75, 3.05) is 45.0 Å². The number of hydrogen-bond acceptors (Lipinski definition) is 4. The Morgan fingerprint density at radius 2 is 1.70 bits per heavy atom. The Morgan fingerprint density at radius 1 is 1.09 bits per heavy atom. The third kappa shape index (κ3) is 5.59. The number of sulfone groups is 1. The van der Waals surface area contributed by atoms with E-state index in [-0.39, 0.29) is 5.75 Å². The van der Waals surface area contributed by atoms with Crippen LogP contribution >= 0.6 is 0 Å². The van der Waals surface area contributed by atoms with Crippen LogP contribution in [0, 0.1) is 5.92 Å². The first kappa shape index (κ1) is 18.4. The predicted octanol–water partition coefficient (Wildman–Crippen LogP) is 2.51. The Balaban J connectivity index is 1.77. The Kier molecular flexibility index (Phi) is 7.06. The summed E-state index contributed by atoms with van der Waals surface area (Å²) in [6, 6.07) is 8.79. The molecule has 0 saturated carbocycles. The molecule has 0 spiro atoms. The summed E-state index contributed by atoms with van der Waals surface area (Å²) in [6.45, 7) is 10.5. The van der Waals surface area contributed by atoms with E-state index in [1.165, 1.54) is 19.4 Å². The van der Waals surface area contributed by atoms with E-state index in [1.54, 1.807) is 24.3 Å². The number of benzene rings is 1. The van der Waals surface area contributed by atoms with Crippen molar-refractivity contribution < 1.29 is 8.42 Å². The summed E-state index contributed by atoms with van der Waals surface area (Å²) in [4.78, 5) is 5.23. The van der Waals surface area contributed by atoms with Crippen molar-refractivity contribution in [3.8, 4) is 0 Å². The Labute approximate surface area is 141 Å². The van der Waals surface area contributed by atoms with Crippen LogP contribution in [-0.4, -0.2) is 63.2 Å². The summed E-state index contributed by atoms with van der Waals surface area (Å²) in [5.74, 6) is 0.981. The van der Waals surface area contributed by atoms with E-state index in [2.05, 4.69) is 23.6 Å². The first-order valence-electron chi connectivity index (χ1n) is 8.77. The quantitative estimate of drug-likeness (QED) is 0.730. The van der Waals surface area contributed by atoms with Crippen molar-refractivity contribution >= 4 is 9.84 Å². The van der Waals surface area contributed by atoms with Crippen molar-refractivity contribution in [2.24, 2.45) is 5.92 Å². The lowest BCUT2D eigenvalue weighted by Gasteiger charge is -2.34. The fourth-order valence-electron chi connectivity index (χ4n) is 3.23. The highest BCUT2D eigenvalue weighted by Gasteiger charge is 2.22. The molecule has 0 bridgehead atoms. The normalized spacial score (nSPS) is 17.7. The van der Waals surface area contributed by atoms with Crippen LogP contribution < -0.4 is 0 Å². The summed E-state index contributed by atoms with van der Waals surface area (Å²) in [5.41, 5.74) is 0. The van der Waals surface area contributed by atoms with Crippen LogP contribution in [0.5, 0.6) is 0 Å². The van der Waals surface area contributed by atoms with E-state index in [1.807, 2.05) is 6.07 Å². The van der Waals surface area contributed by atoms with Gasteiger partial charge < -0.3 is 9.80 Å². The van der Waals surface area contributed by atoms with Crippen molar-refractivity contribution in [1.29, 1.82) is 0 Å². The maximum absolute atomic E-state index is 12.3. The molecule has 1 saturated heterocycles. The predicted molar refractivity (Wildman–Crippen MR) is 95.4 cm³/mol. The second-order valence-corrected chi connectivity index (χ2v) is 8.51. The molecule has 0 aliphatic carbocycles. The molecule has 0 N–H and O–H groups in total. The van der Waals surface area contributed by atoms with Crippen molar-refractivity contribution in [1.82, 2.24) is 9.80 Å². The second-order valence-electron chi connectivity index (χ2n) is 6.40. The number of rotatable bonds is 8. The van der Waals surface area contributed by atoms with Crippen LogP contribution in [0.1, 0.15) is 26.7 Å². The molecule has 0 amide bonds. The zero-order valence-electron chi connectivity index (χ0n) is 14.4. The molecular weight excluding hydrogens is 308 g/mol. The number of nitrogens with zero attached hydrogens (tertiary/aromatic N) is 2. The molecule has 5 heteroatoms. The summed E-state index contributed by atoms with van der Waals surface area (Å²) in [5, 5.41) is 0. The van der Waals surface area contributed by atoms with Gasteiger partial charge in [-0.25, -0.2) is 8.42 Å². The maximum Gasteiger partial charge on any atom is 0.179 e. The fourth-order valence-corrected chi connectivity index (χ4v) is 4.54. The highest BCUT2D eigenvalue weighted by atomic mass is 32.2. The topological polar surface area (TPSA) is 40.6 Å². The van der Waals surface area contributed by atoms with Gasteiger partial charge in [0, 0.05) is 13.1 Å². The van der Waals surface area contributed by atoms with Crippen LogP contribution in [0.25, 0.3) is 0 Å². The van der Waals surface area contributed by atoms with Gasteiger partial charge in [-0.1, -0.05) is 32.0 Å². The molecule has 1 aromatic carbocycles. The molecule has 23 heavy (non-hydrogen) atoms. The van der Waals surface area contributed by atoms with Crippen molar-refractivity contribution in [3.05, 3.63) is 30.3 Å². The van der Waals surface area contributed by atoms with Crippen LogP contribution in [-0.2, 0) is 9.84 Å². The monoisotopic (exact) mass is 338 g/mol. The van der Waals surface area contributed by atoms with Crippen molar-refractivity contribution in [3.63, 3.8) is 0 Å². The molecular formula is C18H30N2O2S. The lowest BCUT2D eigenvalue weighted by Crippen LogP contribution is -2.40. The largest absolute Gasteiger partial charge is 0.304 e. The molecule has 0 radical (unpaired) electrons. The van der Waals surface area contributed by atoms with E-state index < -0.39 is 9.84 Å². The summed E-state index contributed by atoms with van der Waals surface area (Å²) in [6.07, 6.45) is 2.36. The minimum absolute atomic E-state index is 0.220. The van der Waals surface area contributed by atoms with Gasteiger partial charge in [0.05, 0.1) is 10.6 Å².